The number of aromatic nitrogens is 2. The van der Waals surface area contributed by atoms with Gasteiger partial charge in [0.1, 0.15) is 6.33 Å². The molecule has 0 aliphatic heterocycles. The number of esters is 1. The van der Waals surface area contributed by atoms with E-state index in [-0.39, 0.29) is 24.5 Å². The van der Waals surface area contributed by atoms with E-state index in [4.69, 9.17) is 4.74 Å². The van der Waals surface area contributed by atoms with E-state index in [1.54, 1.807) is 19.9 Å². The molecular weight excluding hydrogens is 451 g/mol. The molecule has 0 spiro atoms. The van der Waals surface area contributed by atoms with Crippen molar-refractivity contribution >= 4 is 17.7 Å². The van der Waals surface area contributed by atoms with Gasteiger partial charge < -0.3 is 9.84 Å². The molecule has 1 aromatic rings. The minimum Gasteiger partial charge on any atom is -0.448 e. The van der Waals surface area contributed by atoms with Gasteiger partial charge in [-0.2, -0.15) is 0 Å². The summed E-state index contributed by atoms with van der Waals surface area (Å²) in [5, 5.41) is 11.6. The molecule has 0 aromatic carbocycles. The third-order valence-electron chi connectivity index (χ3n) is 9.80. The second kappa shape index (κ2) is 7.69. The van der Waals surface area contributed by atoms with Gasteiger partial charge in [-0.05, 0) is 50.7 Å². The summed E-state index contributed by atoms with van der Waals surface area (Å²) >= 11 is 0. The van der Waals surface area contributed by atoms with Crippen molar-refractivity contribution in [2.75, 3.05) is 0 Å². The highest BCUT2D eigenvalue weighted by Crippen LogP contribution is 2.71. The molecule has 3 fully saturated rings. The molecule has 7 nitrogen and oxygen atoms in total. The molecule has 35 heavy (non-hydrogen) atoms. The molecule has 8 heteroatoms. The average Bonchev–Trinajstić information content (AvgIpc) is 3.42. The van der Waals surface area contributed by atoms with Gasteiger partial charge in [0.05, 0.1) is 6.10 Å². The number of nitrogens with zero attached hydrogens (tertiary/aromatic N) is 2. The lowest BCUT2D eigenvalue weighted by Gasteiger charge is -2.62. The Hall–Kier alpha value is -2.61. The van der Waals surface area contributed by atoms with E-state index in [9.17, 15) is 19.5 Å². The average molecular weight is 485 g/mol. The Bertz CT molecular complexity index is 1140. The first-order valence-corrected chi connectivity index (χ1v) is 12.5. The van der Waals surface area contributed by atoms with E-state index in [2.05, 4.69) is 4.98 Å². The Labute approximate surface area is 204 Å². The van der Waals surface area contributed by atoms with Gasteiger partial charge in [-0.15, -0.1) is 0 Å². The summed E-state index contributed by atoms with van der Waals surface area (Å²) < 4.78 is 24.8. The summed E-state index contributed by atoms with van der Waals surface area (Å²) in [4.78, 5) is 42.8. The monoisotopic (exact) mass is 484 g/mol. The van der Waals surface area contributed by atoms with Crippen LogP contribution in [0.3, 0.4) is 0 Å². The van der Waals surface area contributed by atoms with Crippen LogP contribution in [-0.4, -0.2) is 49.7 Å². The zero-order valence-corrected chi connectivity index (χ0v) is 20.7. The Morgan fingerprint density at radius 3 is 2.71 bits per heavy atom. The Morgan fingerprint density at radius 2 is 2.06 bits per heavy atom. The number of alkyl halides is 1. The molecule has 3 saturated carbocycles. The van der Waals surface area contributed by atoms with Crippen molar-refractivity contribution in [3.63, 3.8) is 0 Å². The predicted octanol–water partition coefficient (Wildman–Crippen LogP) is 3.83. The molecule has 8 atom stereocenters. The molecule has 1 aromatic heterocycles. The summed E-state index contributed by atoms with van der Waals surface area (Å²) in [6.07, 6.45) is 9.00. The number of fused-ring (bicyclic) bond motifs is 5. The summed E-state index contributed by atoms with van der Waals surface area (Å²) in [7, 11) is 0. The minimum absolute atomic E-state index is 0.0445. The fourth-order valence-electron chi connectivity index (χ4n) is 8.07. The standard InChI is InChI=1S/C27H33FN2O5/c1-5-22(33)35-27(23(34)30-11-10-29-15-30)16(2)12-20-19-7-6-17-13-18(31)8-9-24(17,3)26(19,28)21(32)14-25(20,27)4/h8-11,13,15-16,19-21,32H,5-7,12,14H2,1-4H3/t16-,19-,20-,21-,24-,25-,26-,27?/m0/s1. The molecule has 4 aliphatic rings. The van der Waals surface area contributed by atoms with Crippen LogP contribution >= 0.6 is 0 Å². The van der Waals surface area contributed by atoms with Gasteiger partial charge in [-0.25, -0.2) is 9.37 Å². The molecule has 1 N–H and O–H groups in total. The van der Waals surface area contributed by atoms with Crippen LogP contribution in [0, 0.1) is 28.6 Å². The topological polar surface area (TPSA) is 98.5 Å². The molecule has 1 unspecified atom stereocenters. The van der Waals surface area contributed by atoms with Crippen LogP contribution in [0.2, 0.25) is 0 Å². The van der Waals surface area contributed by atoms with Crippen molar-refractivity contribution in [1.29, 1.82) is 0 Å². The van der Waals surface area contributed by atoms with Crippen molar-refractivity contribution in [2.45, 2.75) is 77.2 Å². The predicted molar refractivity (Wildman–Crippen MR) is 125 cm³/mol. The highest BCUT2D eigenvalue weighted by molar-refractivity contribution is 6.01. The van der Waals surface area contributed by atoms with Crippen LogP contribution in [0.1, 0.15) is 64.6 Å². The van der Waals surface area contributed by atoms with Gasteiger partial charge >= 0.3 is 5.97 Å². The molecular formula is C27H33FN2O5. The van der Waals surface area contributed by atoms with E-state index in [1.165, 1.54) is 35.4 Å². The summed E-state index contributed by atoms with van der Waals surface area (Å²) in [6.45, 7) is 7.18. The first-order valence-electron chi connectivity index (χ1n) is 12.5. The number of rotatable bonds is 3. The number of carbonyl (C=O) groups is 3. The van der Waals surface area contributed by atoms with Crippen molar-refractivity contribution in [2.24, 2.45) is 28.6 Å². The Kier molecular flexibility index (Phi) is 5.30. The number of allylic oxidation sites excluding steroid dienone is 4. The summed E-state index contributed by atoms with van der Waals surface area (Å²) in [5.41, 5.74) is -4.99. The Balaban J connectivity index is 1.65. The number of hydrogen-bond acceptors (Lipinski definition) is 6. The maximum absolute atomic E-state index is 17.4. The number of ether oxygens (including phenoxy) is 1. The van der Waals surface area contributed by atoms with Crippen LogP contribution in [0.15, 0.2) is 42.5 Å². The van der Waals surface area contributed by atoms with E-state index in [1.807, 2.05) is 13.8 Å². The molecule has 4 aliphatic carbocycles. The van der Waals surface area contributed by atoms with Crippen molar-refractivity contribution in [3.05, 3.63) is 42.5 Å². The van der Waals surface area contributed by atoms with Gasteiger partial charge in [-0.3, -0.25) is 19.0 Å². The van der Waals surface area contributed by atoms with E-state index >= 15 is 4.39 Å². The number of imidazole rings is 1. The fourth-order valence-corrected chi connectivity index (χ4v) is 8.07. The van der Waals surface area contributed by atoms with Gasteiger partial charge in [-0.1, -0.05) is 32.4 Å². The third kappa shape index (κ3) is 2.86. The lowest BCUT2D eigenvalue weighted by Crippen LogP contribution is -2.70. The van der Waals surface area contributed by atoms with Crippen LogP contribution < -0.4 is 0 Å². The summed E-state index contributed by atoms with van der Waals surface area (Å²) in [6, 6.07) is 0. The van der Waals surface area contributed by atoms with Crippen LogP contribution in [0.25, 0.3) is 0 Å². The number of aliphatic hydroxyl groups is 1. The van der Waals surface area contributed by atoms with Gasteiger partial charge in [0.2, 0.25) is 0 Å². The number of carbonyl (C=O) groups excluding carboxylic acids is 3. The smallest absolute Gasteiger partial charge is 0.306 e. The zero-order chi connectivity index (χ0) is 25.4. The van der Waals surface area contributed by atoms with E-state index in [0.29, 0.717) is 24.8 Å². The maximum Gasteiger partial charge on any atom is 0.306 e. The van der Waals surface area contributed by atoms with Crippen LogP contribution in [0.4, 0.5) is 4.39 Å². The quantitative estimate of drug-likeness (QED) is 0.655. The highest BCUT2D eigenvalue weighted by Gasteiger charge is 2.77. The molecule has 0 bridgehead atoms. The largest absolute Gasteiger partial charge is 0.448 e. The number of halogens is 1. The second-order valence-electron chi connectivity index (χ2n) is 11.2. The van der Waals surface area contributed by atoms with E-state index < -0.39 is 51.9 Å². The maximum atomic E-state index is 17.4. The summed E-state index contributed by atoms with van der Waals surface area (Å²) in [5.74, 6) is -2.37. The first-order chi connectivity index (χ1) is 16.5. The first kappa shape index (κ1) is 24.1. The number of ketones is 1. The Morgan fingerprint density at radius 1 is 1.31 bits per heavy atom. The normalized spacial score (nSPS) is 44.2. The number of aliphatic hydroxyl groups excluding tert-OH is 1. The molecule has 0 radical (unpaired) electrons. The van der Waals surface area contributed by atoms with Crippen LogP contribution in [0.5, 0.6) is 0 Å². The van der Waals surface area contributed by atoms with Crippen molar-refractivity contribution < 1.29 is 28.6 Å². The lowest BCUT2D eigenvalue weighted by molar-refractivity contribution is -0.220. The lowest BCUT2D eigenvalue weighted by atomic mass is 9.44. The van der Waals surface area contributed by atoms with Crippen molar-refractivity contribution in [3.8, 4) is 0 Å². The fraction of sp³-hybridized carbons (Fsp3) is 0.630. The molecule has 1 heterocycles. The molecule has 0 saturated heterocycles. The second-order valence-corrected chi connectivity index (χ2v) is 11.2. The zero-order valence-electron chi connectivity index (χ0n) is 20.7. The van der Waals surface area contributed by atoms with E-state index in [0.717, 1.165) is 0 Å². The SMILES string of the molecule is CCC(=O)OC1(C(=O)n2ccnc2)[C@@H](C)C[C@H]2[C@@H]3CCC4=CC(=O)C=C[C@]4(C)[C@@]3(F)[C@@H](O)C[C@@]21C. The van der Waals surface area contributed by atoms with Gasteiger partial charge in [0.15, 0.2) is 17.1 Å². The van der Waals surface area contributed by atoms with Crippen LogP contribution in [-0.2, 0) is 14.3 Å². The molecule has 5 rings (SSSR count). The highest BCUT2D eigenvalue weighted by atomic mass is 19.1. The number of hydrogen-bond donors (Lipinski definition) is 1. The van der Waals surface area contributed by atoms with Crippen molar-refractivity contribution in [1.82, 2.24) is 9.55 Å². The van der Waals surface area contributed by atoms with Gasteiger partial charge in [0, 0.05) is 41.5 Å². The minimum atomic E-state index is -2.01. The molecule has 188 valence electrons. The third-order valence-corrected chi connectivity index (χ3v) is 9.80. The molecule has 0 amide bonds. The van der Waals surface area contributed by atoms with Gasteiger partial charge in [0.25, 0.3) is 5.91 Å².